The molecule has 0 aromatic heterocycles. The van der Waals surface area contributed by atoms with E-state index in [-0.39, 0.29) is 5.82 Å². The summed E-state index contributed by atoms with van der Waals surface area (Å²) in [6.07, 6.45) is 10.5. The van der Waals surface area contributed by atoms with E-state index in [0.717, 1.165) is 52.7 Å². The van der Waals surface area contributed by atoms with Crippen LogP contribution in [-0.2, 0) is 17.6 Å². The number of carbonyl (C=O) groups is 1. The third-order valence-corrected chi connectivity index (χ3v) is 6.38. The van der Waals surface area contributed by atoms with Crippen LogP contribution in [0.15, 0.2) is 73.0 Å². The van der Waals surface area contributed by atoms with Gasteiger partial charge in [-0.15, -0.1) is 0 Å². The number of rotatable bonds is 8. The molecule has 1 aliphatic rings. The minimum absolute atomic E-state index is 0.244. The molecule has 0 spiro atoms. The maximum absolute atomic E-state index is 14.3. The summed E-state index contributed by atoms with van der Waals surface area (Å²) < 4.78 is 20.5. The van der Waals surface area contributed by atoms with E-state index < -0.39 is 0 Å². The van der Waals surface area contributed by atoms with Gasteiger partial charge in [0.1, 0.15) is 17.9 Å². The van der Waals surface area contributed by atoms with E-state index >= 15 is 0 Å². The SMILES string of the molecule is C=C(NC)/C(=C(\C=O)CCc1cc(C)ccc1F)c1c(C)ccc2c1OCCC(C)C2.C=C/C=C\C.CCC. The molecular weight excluding hydrogens is 485 g/mol. The fraction of sp³-hybridized carbons (Fsp3) is 0.400. The smallest absolute Gasteiger partial charge is 0.146 e. The lowest BCUT2D eigenvalue weighted by molar-refractivity contribution is -0.105. The quantitative estimate of drug-likeness (QED) is 0.209. The number of carbonyl (C=O) groups excluding carboxylic acids is 1. The van der Waals surface area contributed by atoms with Crippen molar-refractivity contribution in [2.24, 2.45) is 5.92 Å². The summed E-state index contributed by atoms with van der Waals surface area (Å²) in [6, 6.07) is 9.29. The molecule has 0 amide bonds. The highest BCUT2D eigenvalue weighted by atomic mass is 19.1. The maximum Gasteiger partial charge on any atom is 0.146 e. The molecule has 2 aromatic carbocycles. The van der Waals surface area contributed by atoms with Gasteiger partial charge in [0.2, 0.25) is 0 Å². The second-order valence-electron chi connectivity index (χ2n) is 10.0. The van der Waals surface area contributed by atoms with E-state index in [2.05, 4.69) is 51.4 Å². The van der Waals surface area contributed by atoms with Crippen LogP contribution in [-0.4, -0.2) is 19.9 Å². The van der Waals surface area contributed by atoms with Crippen LogP contribution in [0.2, 0.25) is 0 Å². The van der Waals surface area contributed by atoms with E-state index in [1.54, 1.807) is 19.2 Å². The molecule has 3 rings (SSSR count). The predicted octanol–water partition coefficient (Wildman–Crippen LogP) is 8.89. The number of likely N-dealkylation sites (N-methyl/N-ethyl adjacent to an activating group) is 1. The first-order chi connectivity index (χ1) is 18.7. The summed E-state index contributed by atoms with van der Waals surface area (Å²) in [5, 5.41) is 3.11. The highest BCUT2D eigenvalue weighted by Gasteiger charge is 2.24. The van der Waals surface area contributed by atoms with Crippen molar-refractivity contribution >= 4 is 11.9 Å². The minimum Gasteiger partial charge on any atom is -0.493 e. The molecule has 0 saturated heterocycles. The van der Waals surface area contributed by atoms with Crippen LogP contribution in [0.25, 0.3) is 5.57 Å². The zero-order valence-corrected chi connectivity index (χ0v) is 25.1. The number of hydrogen-bond donors (Lipinski definition) is 1. The number of halogens is 1. The highest BCUT2D eigenvalue weighted by Crippen LogP contribution is 2.40. The lowest BCUT2D eigenvalue weighted by Crippen LogP contribution is -2.12. The number of hydrogen-bond acceptors (Lipinski definition) is 3. The molecule has 212 valence electrons. The van der Waals surface area contributed by atoms with Crippen LogP contribution >= 0.6 is 0 Å². The van der Waals surface area contributed by atoms with Gasteiger partial charge in [-0.1, -0.05) is 88.4 Å². The van der Waals surface area contributed by atoms with Crippen molar-refractivity contribution in [1.29, 1.82) is 0 Å². The summed E-state index contributed by atoms with van der Waals surface area (Å²) in [4.78, 5) is 12.3. The van der Waals surface area contributed by atoms with Crippen LogP contribution < -0.4 is 10.1 Å². The molecule has 0 bridgehead atoms. The van der Waals surface area contributed by atoms with Crippen LogP contribution in [0.4, 0.5) is 4.39 Å². The Labute approximate surface area is 236 Å². The Morgan fingerprint density at radius 1 is 1.21 bits per heavy atom. The Bertz CT molecular complexity index is 1160. The number of allylic oxidation sites excluding steroid dienone is 5. The van der Waals surface area contributed by atoms with Crippen molar-refractivity contribution in [1.82, 2.24) is 5.32 Å². The van der Waals surface area contributed by atoms with Gasteiger partial charge in [-0.25, -0.2) is 4.39 Å². The Kier molecular flexibility index (Phi) is 15.5. The van der Waals surface area contributed by atoms with Crippen LogP contribution in [0, 0.1) is 25.6 Å². The normalized spacial score (nSPS) is 14.7. The van der Waals surface area contributed by atoms with Crippen molar-refractivity contribution in [3.8, 4) is 5.75 Å². The van der Waals surface area contributed by atoms with Crippen molar-refractivity contribution in [2.75, 3.05) is 13.7 Å². The van der Waals surface area contributed by atoms with Gasteiger partial charge in [0.05, 0.1) is 6.61 Å². The summed E-state index contributed by atoms with van der Waals surface area (Å²) in [7, 11) is 1.80. The largest absolute Gasteiger partial charge is 0.493 e. The molecular formula is C35H48FNO2. The fourth-order valence-corrected chi connectivity index (χ4v) is 4.37. The molecule has 1 unspecified atom stereocenters. The molecule has 1 heterocycles. The summed E-state index contributed by atoms with van der Waals surface area (Å²) in [5.41, 5.74) is 6.72. The third kappa shape index (κ3) is 10.4. The lowest BCUT2D eigenvalue weighted by atomic mass is 9.87. The molecule has 1 N–H and O–H groups in total. The van der Waals surface area contributed by atoms with E-state index in [0.29, 0.717) is 42.2 Å². The molecule has 3 nitrogen and oxygen atoms in total. The first-order valence-corrected chi connectivity index (χ1v) is 14.0. The number of aryl methyl sites for hydroxylation is 3. The van der Waals surface area contributed by atoms with Gasteiger partial charge >= 0.3 is 0 Å². The Balaban J connectivity index is 0.000000838. The standard InChI is InChI=1S/C27H32FNO2.C5H8.C3H8/c1-17-6-11-24(28)21(14-17)9-10-23(16-30)26(20(4)29-5)25-19(3)7-8-22-15-18(2)12-13-31-27(22)25;1-3-5-4-2;1-3-2/h6-8,11,14,16,18,29H,4,9-10,12-13,15H2,1-3,5H3;3-5H,1H2,2H3;3H2,1-2H3/b26-23+;5-4-;. The predicted molar refractivity (Wildman–Crippen MR) is 166 cm³/mol. The van der Waals surface area contributed by atoms with Crippen molar-refractivity contribution < 1.29 is 13.9 Å². The Morgan fingerprint density at radius 2 is 1.90 bits per heavy atom. The Hall–Kier alpha value is -3.40. The summed E-state index contributed by atoms with van der Waals surface area (Å²) >= 11 is 0. The summed E-state index contributed by atoms with van der Waals surface area (Å²) in [5.74, 6) is 1.13. The number of benzene rings is 2. The van der Waals surface area contributed by atoms with E-state index in [4.69, 9.17) is 4.74 Å². The van der Waals surface area contributed by atoms with Gasteiger partial charge in [-0.05, 0) is 75.1 Å². The molecule has 0 fully saturated rings. The lowest BCUT2D eigenvalue weighted by Gasteiger charge is -2.22. The zero-order valence-electron chi connectivity index (χ0n) is 25.1. The molecule has 1 aliphatic heterocycles. The molecule has 4 heteroatoms. The molecule has 2 aromatic rings. The van der Waals surface area contributed by atoms with Gasteiger partial charge in [0.15, 0.2) is 0 Å². The van der Waals surface area contributed by atoms with Crippen molar-refractivity contribution in [3.63, 3.8) is 0 Å². The van der Waals surface area contributed by atoms with E-state index in [9.17, 15) is 9.18 Å². The minimum atomic E-state index is -0.244. The summed E-state index contributed by atoms with van der Waals surface area (Å²) in [6.45, 7) is 20.7. The average Bonchev–Trinajstić information content (AvgIpc) is 3.10. The topological polar surface area (TPSA) is 38.3 Å². The fourth-order valence-electron chi connectivity index (χ4n) is 4.37. The molecule has 1 atom stereocenters. The number of nitrogens with one attached hydrogen (secondary N) is 1. The monoisotopic (exact) mass is 533 g/mol. The van der Waals surface area contributed by atoms with Crippen molar-refractivity contribution in [3.05, 3.63) is 107 Å². The zero-order chi connectivity index (χ0) is 29.4. The second-order valence-corrected chi connectivity index (χ2v) is 10.0. The number of ether oxygens (including phenoxy) is 1. The van der Waals surface area contributed by atoms with E-state index in [1.807, 2.05) is 39.0 Å². The highest BCUT2D eigenvalue weighted by molar-refractivity contribution is 5.96. The second kappa shape index (κ2) is 18.0. The third-order valence-electron chi connectivity index (χ3n) is 6.38. The van der Waals surface area contributed by atoms with Crippen LogP contribution in [0.3, 0.4) is 0 Å². The molecule has 39 heavy (non-hydrogen) atoms. The van der Waals surface area contributed by atoms with Crippen molar-refractivity contribution in [2.45, 2.75) is 73.6 Å². The first kappa shape index (κ1) is 33.6. The van der Waals surface area contributed by atoms with Crippen LogP contribution in [0.1, 0.15) is 74.8 Å². The van der Waals surface area contributed by atoms with Gasteiger partial charge in [0, 0.05) is 29.5 Å². The Morgan fingerprint density at radius 3 is 2.46 bits per heavy atom. The van der Waals surface area contributed by atoms with Gasteiger partial charge < -0.3 is 10.1 Å². The number of aldehydes is 1. The first-order valence-electron chi connectivity index (χ1n) is 14.0. The average molecular weight is 534 g/mol. The molecule has 0 saturated carbocycles. The van der Waals surface area contributed by atoms with E-state index in [1.165, 1.54) is 12.5 Å². The molecule has 0 radical (unpaired) electrons. The number of fused-ring (bicyclic) bond motifs is 1. The van der Waals surface area contributed by atoms with Gasteiger partial charge in [-0.2, -0.15) is 0 Å². The van der Waals surface area contributed by atoms with Gasteiger partial charge in [0.25, 0.3) is 0 Å². The molecule has 0 aliphatic carbocycles. The van der Waals surface area contributed by atoms with Crippen LogP contribution in [0.5, 0.6) is 5.75 Å². The maximum atomic E-state index is 14.3. The van der Waals surface area contributed by atoms with Gasteiger partial charge in [-0.3, -0.25) is 4.79 Å².